The molecule has 0 bridgehead atoms. The molecule has 2 aromatic carbocycles. The first-order valence-electron chi connectivity index (χ1n) is 9.62. The normalized spacial score (nSPS) is 20.7. The number of fused-ring (bicyclic) bond motifs is 1. The van der Waals surface area contributed by atoms with E-state index in [0.717, 1.165) is 0 Å². The summed E-state index contributed by atoms with van der Waals surface area (Å²) < 4.78 is 80.4. The van der Waals surface area contributed by atoms with Gasteiger partial charge in [-0.25, -0.2) is 0 Å². The zero-order valence-corrected chi connectivity index (χ0v) is 17.4. The number of amidine groups is 1. The molecule has 2 aliphatic rings. The summed E-state index contributed by atoms with van der Waals surface area (Å²) in [6, 6.07) is 5.53. The minimum atomic E-state index is -5.07. The number of alkyl halides is 6. The standard InChI is InChI=1S/C21H15F6N3O2S/c22-20(23,24)11-7-10(8-12(9-11)21(25,26)27)16-15(18(32)30-19-28-5-6-33-19)13-3-1-2-4-14(13)17(31)29-16/h1-4,7-9,15-16H,5-6H2,(H,29,31)(H,28,30,32). The van der Waals surface area contributed by atoms with Crippen LogP contribution in [-0.4, -0.2) is 29.3 Å². The fourth-order valence-corrected chi connectivity index (χ4v) is 4.51. The number of nitrogens with one attached hydrogen (secondary N) is 2. The van der Waals surface area contributed by atoms with Crippen molar-refractivity contribution in [3.8, 4) is 0 Å². The highest BCUT2D eigenvalue weighted by Crippen LogP contribution is 2.42. The summed E-state index contributed by atoms with van der Waals surface area (Å²) in [6.45, 7) is 0.463. The largest absolute Gasteiger partial charge is 0.416 e. The number of hydrogen-bond acceptors (Lipinski definition) is 4. The molecule has 0 spiro atoms. The van der Waals surface area contributed by atoms with Gasteiger partial charge in [0.05, 0.1) is 29.6 Å². The van der Waals surface area contributed by atoms with Gasteiger partial charge in [-0.05, 0) is 35.4 Å². The van der Waals surface area contributed by atoms with Gasteiger partial charge in [-0.1, -0.05) is 30.0 Å². The predicted octanol–water partition coefficient (Wildman–Crippen LogP) is 4.51. The van der Waals surface area contributed by atoms with Crippen molar-refractivity contribution in [2.24, 2.45) is 4.99 Å². The molecule has 0 saturated heterocycles. The van der Waals surface area contributed by atoms with Gasteiger partial charge in [-0.3, -0.25) is 14.6 Å². The Hall–Kier alpha value is -3.02. The molecule has 174 valence electrons. The topological polar surface area (TPSA) is 70.6 Å². The zero-order valence-electron chi connectivity index (χ0n) is 16.6. The van der Waals surface area contributed by atoms with E-state index in [1.807, 2.05) is 0 Å². The van der Waals surface area contributed by atoms with E-state index in [1.165, 1.54) is 36.0 Å². The van der Waals surface area contributed by atoms with Gasteiger partial charge in [0.25, 0.3) is 5.91 Å². The molecule has 0 fully saturated rings. The maximum Gasteiger partial charge on any atom is 0.416 e. The summed E-state index contributed by atoms with van der Waals surface area (Å²) >= 11 is 1.26. The number of nitrogens with zero attached hydrogens (tertiary/aromatic N) is 1. The Morgan fingerprint density at radius 1 is 1.03 bits per heavy atom. The minimum absolute atomic E-state index is 0.00106. The van der Waals surface area contributed by atoms with E-state index in [4.69, 9.17) is 0 Å². The number of benzene rings is 2. The number of halogens is 6. The van der Waals surface area contributed by atoms with Crippen molar-refractivity contribution in [1.82, 2.24) is 10.6 Å². The fourth-order valence-electron chi connectivity index (χ4n) is 3.78. The third-order valence-electron chi connectivity index (χ3n) is 5.23. The van der Waals surface area contributed by atoms with Gasteiger partial charge >= 0.3 is 12.4 Å². The molecule has 2 N–H and O–H groups in total. The number of amides is 2. The molecular weight excluding hydrogens is 472 g/mol. The highest BCUT2D eigenvalue weighted by molar-refractivity contribution is 8.14. The molecule has 0 radical (unpaired) electrons. The first-order valence-corrected chi connectivity index (χ1v) is 10.6. The molecule has 4 rings (SSSR count). The summed E-state index contributed by atoms with van der Waals surface area (Å²) in [7, 11) is 0. The van der Waals surface area contributed by atoms with Crippen molar-refractivity contribution in [2.45, 2.75) is 24.3 Å². The lowest BCUT2D eigenvalue weighted by atomic mass is 9.80. The molecule has 0 aromatic heterocycles. The van der Waals surface area contributed by atoms with Crippen LogP contribution in [0.25, 0.3) is 0 Å². The average molecular weight is 487 g/mol. The maximum absolute atomic E-state index is 13.4. The summed E-state index contributed by atoms with van der Waals surface area (Å²) in [6.07, 6.45) is -10.1. The first kappa shape index (κ1) is 23.1. The molecule has 2 unspecified atom stereocenters. The minimum Gasteiger partial charge on any atom is -0.344 e. The number of aliphatic imine (C=N–C) groups is 1. The molecular formula is C21H15F6N3O2S. The molecule has 2 amide bonds. The monoisotopic (exact) mass is 487 g/mol. The van der Waals surface area contributed by atoms with Gasteiger partial charge in [0, 0.05) is 11.3 Å². The number of carbonyl (C=O) groups excluding carboxylic acids is 2. The van der Waals surface area contributed by atoms with Crippen LogP contribution in [0.1, 0.15) is 44.6 Å². The van der Waals surface area contributed by atoms with Gasteiger partial charge in [-0.2, -0.15) is 26.3 Å². The van der Waals surface area contributed by atoms with E-state index >= 15 is 0 Å². The Balaban J connectivity index is 1.85. The van der Waals surface area contributed by atoms with E-state index in [1.54, 1.807) is 0 Å². The van der Waals surface area contributed by atoms with Gasteiger partial charge in [0.1, 0.15) is 0 Å². The van der Waals surface area contributed by atoms with Gasteiger partial charge in [0.2, 0.25) is 5.91 Å². The number of thioether (sulfide) groups is 1. The lowest BCUT2D eigenvalue weighted by molar-refractivity contribution is -0.143. The quantitative estimate of drug-likeness (QED) is 0.613. The lowest BCUT2D eigenvalue weighted by Gasteiger charge is -2.34. The highest BCUT2D eigenvalue weighted by atomic mass is 32.2. The molecule has 0 saturated carbocycles. The van der Waals surface area contributed by atoms with Gasteiger partial charge in [0.15, 0.2) is 5.17 Å². The van der Waals surface area contributed by atoms with Gasteiger partial charge < -0.3 is 10.6 Å². The second kappa shape index (κ2) is 8.40. The third kappa shape index (κ3) is 4.70. The predicted molar refractivity (Wildman–Crippen MR) is 109 cm³/mol. The Kier molecular flexibility index (Phi) is 5.89. The van der Waals surface area contributed by atoms with Crippen LogP contribution in [0, 0.1) is 0 Å². The smallest absolute Gasteiger partial charge is 0.344 e. The van der Waals surface area contributed by atoms with Crippen LogP contribution >= 0.6 is 11.8 Å². The first-order chi connectivity index (χ1) is 15.4. The van der Waals surface area contributed by atoms with Crippen LogP contribution in [0.15, 0.2) is 47.5 Å². The molecule has 2 heterocycles. The SMILES string of the molecule is O=C1NC(c2cc(C(F)(F)F)cc(C(F)(F)F)c2)C(C(=O)NC2=NCCS2)c2ccccc21. The Morgan fingerprint density at radius 3 is 2.24 bits per heavy atom. The van der Waals surface area contributed by atoms with Crippen LogP contribution in [0.3, 0.4) is 0 Å². The second-order valence-electron chi connectivity index (χ2n) is 7.38. The fraction of sp³-hybridized carbons (Fsp3) is 0.286. The second-order valence-corrected chi connectivity index (χ2v) is 8.46. The van der Waals surface area contributed by atoms with E-state index < -0.39 is 52.8 Å². The van der Waals surface area contributed by atoms with Crippen molar-refractivity contribution in [1.29, 1.82) is 0 Å². The zero-order chi connectivity index (χ0) is 24.0. The number of rotatable bonds is 2. The van der Waals surface area contributed by atoms with E-state index in [0.29, 0.717) is 29.6 Å². The molecule has 12 heteroatoms. The summed E-state index contributed by atoms with van der Waals surface area (Å²) in [5.41, 5.74) is -3.25. The average Bonchev–Trinajstić information content (AvgIpc) is 3.25. The summed E-state index contributed by atoms with van der Waals surface area (Å²) in [4.78, 5) is 29.9. The Labute approximate surface area is 187 Å². The molecule has 33 heavy (non-hydrogen) atoms. The molecule has 2 aliphatic heterocycles. The van der Waals surface area contributed by atoms with Crippen molar-refractivity contribution < 1.29 is 35.9 Å². The van der Waals surface area contributed by atoms with Crippen molar-refractivity contribution in [3.05, 3.63) is 70.3 Å². The van der Waals surface area contributed by atoms with E-state index in [9.17, 15) is 35.9 Å². The Morgan fingerprint density at radius 2 is 1.67 bits per heavy atom. The molecule has 5 nitrogen and oxygen atoms in total. The van der Waals surface area contributed by atoms with Crippen LogP contribution in [-0.2, 0) is 17.1 Å². The van der Waals surface area contributed by atoms with Crippen LogP contribution in [0.5, 0.6) is 0 Å². The molecule has 0 aliphatic carbocycles. The lowest BCUT2D eigenvalue weighted by Crippen LogP contribution is -2.45. The Bertz CT molecular complexity index is 1110. The van der Waals surface area contributed by atoms with Crippen molar-refractivity contribution in [3.63, 3.8) is 0 Å². The molecule has 2 atom stereocenters. The van der Waals surface area contributed by atoms with Crippen molar-refractivity contribution >= 4 is 28.7 Å². The molecule has 2 aromatic rings. The number of hydrogen-bond donors (Lipinski definition) is 2. The van der Waals surface area contributed by atoms with Crippen LogP contribution in [0.4, 0.5) is 26.3 Å². The van der Waals surface area contributed by atoms with Crippen molar-refractivity contribution in [2.75, 3.05) is 12.3 Å². The van der Waals surface area contributed by atoms with Crippen LogP contribution < -0.4 is 10.6 Å². The van der Waals surface area contributed by atoms with Gasteiger partial charge in [-0.15, -0.1) is 0 Å². The highest BCUT2D eigenvalue weighted by Gasteiger charge is 2.43. The van der Waals surface area contributed by atoms with E-state index in [-0.39, 0.29) is 17.2 Å². The summed E-state index contributed by atoms with van der Waals surface area (Å²) in [5, 5.41) is 5.29. The summed E-state index contributed by atoms with van der Waals surface area (Å²) in [5.74, 6) is -2.07. The number of carbonyl (C=O) groups is 2. The van der Waals surface area contributed by atoms with Crippen LogP contribution in [0.2, 0.25) is 0 Å². The van der Waals surface area contributed by atoms with E-state index in [2.05, 4.69) is 15.6 Å². The maximum atomic E-state index is 13.4. The third-order valence-corrected chi connectivity index (χ3v) is 6.12.